The highest BCUT2D eigenvalue weighted by Crippen LogP contribution is 2.29. The molecule has 1 unspecified atom stereocenters. The molecule has 2 aromatic heterocycles. The van der Waals surface area contributed by atoms with Crippen LogP contribution in [0.1, 0.15) is 39.9 Å². The lowest BCUT2D eigenvalue weighted by molar-refractivity contribution is 0.0953. The molecule has 0 saturated heterocycles. The van der Waals surface area contributed by atoms with Crippen molar-refractivity contribution in [2.45, 2.75) is 26.7 Å². The number of aryl methyl sites for hydroxylation is 2. The summed E-state index contributed by atoms with van der Waals surface area (Å²) in [6, 6.07) is 20.4. The quantitative estimate of drug-likeness (QED) is 0.439. The topological polar surface area (TPSA) is 42.0 Å². The monoisotopic (exact) mass is 400 g/mol. The molecule has 0 radical (unpaired) electrons. The van der Waals surface area contributed by atoms with Crippen molar-refractivity contribution >= 4 is 28.1 Å². The fourth-order valence-corrected chi connectivity index (χ4v) is 4.15. The maximum Gasteiger partial charge on any atom is 0.252 e. The van der Waals surface area contributed by atoms with Crippen LogP contribution in [-0.4, -0.2) is 17.4 Å². The Labute approximate surface area is 175 Å². The molecule has 1 amide bonds. The number of aromatic nitrogens is 1. The van der Waals surface area contributed by atoms with E-state index < -0.39 is 0 Å². The first kappa shape index (κ1) is 19.3. The van der Waals surface area contributed by atoms with Gasteiger partial charge in [-0.05, 0) is 66.1 Å². The summed E-state index contributed by atoms with van der Waals surface area (Å²) in [7, 11) is 0. The predicted octanol–water partition coefficient (Wildman–Crippen LogP) is 6.11. The molecule has 0 bridgehead atoms. The van der Waals surface area contributed by atoms with E-state index in [0.29, 0.717) is 12.1 Å². The van der Waals surface area contributed by atoms with Gasteiger partial charge in [-0.2, -0.15) is 0 Å². The van der Waals surface area contributed by atoms with Crippen LogP contribution in [0.15, 0.2) is 66.0 Å². The Morgan fingerprint density at radius 1 is 1.03 bits per heavy atom. The number of pyridine rings is 1. The molecule has 29 heavy (non-hydrogen) atoms. The van der Waals surface area contributed by atoms with Gasteiger partial charge < -0.3 is 5.32 Å². The Bertz CT molecular complexity index is 1150. The Morgan fingerprint density at radius 2 is 1.79 bits per heavy atom. The lowest BCUT2D eigenvalue weighted by atomic mass is 9.99. The zero-order valence-corrected chi connectivity index (χ0v) is 17.7. The number of hydrogen-bond acceptors (Lipinski definition) is 3. The van der Waals surface area contributed by atoms with Gasteiger partial charge in [0.1, 0.15) is 0 Å². The number of fused-ring (bicyclic) bond motifs is 1. The summed E-state index contributed by atoms with van der Waals surface area (Å²) in [6.07, 6.45) is 0. The van der Waals surface area contributed by atoms with Gasteiger partial charge in [-0.25, -0.2) is 4.98 Å². The molecule has 0 aliphatic heterocycles. The standard InChI is InChI=1S/C25H24N2OS/c1-16-12-20-21(25(28)26-15-18(3)19-8-5-4-6-9-19)14-23(24-10-7-11-29-24)27-22(20)13-17(16)2/h4-14,18H,15H2,1-3H3,(H,26,28). The average Bonchev–Trinajstić information content (AvgIpc) is 3.27. The highest BCUT2D eigenvalue weighted by Gasteiger charge is 2.16. The normalized spacial score (nSPS) is 12.1. The molecule has 2 heterocycles. The van der Waals surface area contributed by atoms with E-state index in [-0.39, 0.29) is 11.8 Å². The van der Waals surface area contributed by atoms with E-state index in [9.17, 15) is 4.79 Å². The van der Waals surface area contributed by atoms with Gasteiger partial charge in [0.15, 0.2) is 0 Å². The number of nitrogens with zero attached hydrogens (tertiary/aromatic N) is 1. The van der Waals surface area contributed by atoms with E-state index in [0.717, 1.165) is 27.0 Å². The number of nitrogens with one attached hydrogen (secondary N) is 1. The molecule has 0 aliphatic carbocycles. The van der Waals surface area contributed by atoms with Crippen LogP contribution in [0.3, 0.4) is 0 Å². The third-order valence-electron chi connectivity index (χ3n) is 5.38. The number of amides is 1. The summed E-state index contributed by atoms with van der Waals surface area (Å²) in [5, 5.41) is 6.06. The second-order valence-electron chi connectivity index (χ2n) is 7.51. The molecule has 0 aliphatic rings. The SMILES string of the molecule is Cc1cc2nc(-c3cccs3)cc(C(=O)NCC(C)c3ccccc3)c2cc1C. The molecule has 0 fully saturated rings. The summed E-state index contributed by atoms with van der Waals surface area (Å²) in [5.74, 6) is 0.190. The van der Waals surface area contributed by atoms with Gasteiger partial charge >= 0.3 is 0 Å². The number of benzene rings is 2. The van der Waals surface area contributed by atoms with Crippen molar-refractivity contribution in [3.8, 4) is 10.6 Å². The van der Waals surface area contributed by atoms with Crippen LogP contribution in [0.5, 0.6) is 0 Å². The smallest absolute Gasteiger partial charge is 0.252 e. The Balaban J connectivity index is 1.69. The maximum absolute atomic E-state index is 13.2. The second kappa shape index (κ2) is 8.18. The van der Waals surface area contributed by atoms with Gasteiger partial charge in [0, 0.05) is 11.9 Å². The molecule has 4 rings (SSSR count). The van der Waals surface area contributed by atoms with Crippen molar-refractivity contribution < 1.29 is 4.79 Å². The van der Waals surface area contributed by atoms with Crippen LogP contribution < -0.4 is 5.32 Å². The van der Waals surface area contributed by atoms with Crippen LogP contribution in [-0.2, 0) is 0 Å². The van der Waals surface area contributed by atoms with E-state index in [1.807, 2.05) is 41.8 Å². The highest BCUT2D eigenvalue weighted by molar-refractivity contribution is 7.13. The molecule has 4 aromatic rings. The Kier molecular flexibility index (Phi) is 5.45. The van der Waals surface area contributed by atoms with E-state index in [4.69, 9.17) is 4.98 Å². The second-order valence-corrected chi connectivity index (χ2v) is 8.46. The van der Waals surface area contributed by atoms with E-state index in [1.54, 1.807) is 11.3 Å². The summed E-state index contributed by atoms with van der Waals surface area (Å²) in [4.78, 5) is 19.1. The zero-order valence-electron chi connectivity index (χ0n) is 16.9. The van der Waals surface area contributed by atoms with Crippen LogP contribution in [0, 0.1) is 13.8 Å². The van der Waals surface area contributed by atoms with Gasteiger partial charge in [0.05, 0.1) is 21.7 Å². The van der Waals surface area contributed by atoms with Crippen molar-refractivity contribution in [3.05, 3.63) is 88.3 Å². The molecule has 4 heteroatoms. The molecule has 0 spiro atoms. The molecule has 3 nitrogen and oxygen atoms in total. The summed E-state index contributed by atoms with van der Waals surface area (Å²) < 4.78 is 0. The van der Waals surface area contributed by atoms with Crippen molar-refractivity contribution in [1.82, 2.24) is 10.3 Å². The lowest BCUT2D eigenvalue weighted by Crippen LogP contribution is -2.27. The number of rotatable bonds is 5. The third kappa shape index (κ3) is 4.08. The first-order chi connectivity index (χ1) is 14.0. The van der Waals surface area contributed by atoms with Crippen molar-refractivity contribution in [1.29, 1.82) is 0 Å². The van der Waals surface area contributed by atoms with Gasteiger partial charge in [-0.15, -0.1) is 11.3 Å². The fourth-order valence-electron chi connectivity index (χ4n) is 3.46. The van der Waals surface area contributed by atoms with E-state index >= 15 is 0 Å². The van der Waals surface area contributed by atoms with Gasteiger partial charge in [0.2, 0.25) is 0 Å². The molecular formula is C25H24N2OS. The third-order valence-corrected chi connectivity index (χ3v) is 6.27. The van der Waals surface area contributed by atoms with E-state index in [2.05, 4.69) is 50.4 Å². The minimum absolute atomic E-state index is 0.0544. The minimum Gasteiger partial charge on any atom is -0.351 e. The molecule has 146 valence electrons. The van der Waals surface area contributed by atoms with Gasteiger partial charge in [-0.1, -0.05) is 43.3 Å². The lowest BCUT2D eigenvalue weighted by Gasteiger charge is -2.15. The number of thiophene rings is 1. The predicted molar refractivity (Wildman–Crippen MR) is 122 cm³/mol. The molecule has 2 aromatic carbocycles. The fraction of sp³-hybridized carbons (Fsp3) is 0.200. The first-order valence-electron chi connectivity index (χ1n) is 9.82. The number of carbonyl (C=O) groups excluding carboxylic acids is 1. The van der Waals surface area contributed by atoms with Crippen molar-refractivity contribution in [2.75, 3.05) is 6.54 Å². The molecule has 1 atom stereocenters. The van der Waals surface area contributed by atoms with E-state index in [1.165, 1.54) is 11.1 Å². The number of carbonyl (C=O) groups is 1. The first-order valence-corrected chi connectivity index (χ1v) is 10.7. The Morgan fingerprint density at radius 3 is 2.52 bits per heavy atom. The Hall–Kier alpha value is -2.98. The summed E-state index contributed by atoms with van der Waals surface area (Å²) in [6.45, 7) is 6.87. The van der Waals surface area contributed by atoms with Gasteiger partial charge in [0.25, 0.3) is 5.91 Å². The van der Waals surface area contributed by atoms with Crippen LogP contribution in [0.25, 0.3) is 21.5 Å². The van der Waals surface area contributed by atoms with Crippen LogP contribution in [0.4, 0.5) is 0 Å². The molecular weight excluding hydrogens is 376 g/mol. The average molecular weight is 401 g/mol. The van der Waals surface area contributed by atoms with Crippen molar-refractivity contribution in [3.63, 3.8) is 0 Å². The molecule has 1 N–H and O–H groups in total. The largest absolute Gasteiger partial charge is 0.351 e. The minimum atomic E-state index is -0.0544. The zero-order chi connectivity index (χ0) is 20.4. The summed E-state index contributed by atoms with van der Waals surface area (Å²) >= 11 is 1.63. The van der Waals surface area contributed by atoms with Gasteiger partial charge in [-0.3, -0.25) is 4.79 Å². The maximum atomic E-state index is 13.2. The number of hydrogen-bond donors (Lipinski definition) is 1. The van der Waals surface area contributed by atoms with Crippen LogP contribution >= 0.6 is 11.3 Å². The summed E-state index contributed by atoms with van der Waals surface area (Å²) in [5.41, 5.74) is 5.95. The van der Waals surface area contributed by atoms with Crippen LogP contribution in [0.2, 0.25) is 0 Å². The molecule has 0 saturated carbocycles. The van der Waals surface area contributed by atoms with Crippen molar-refractivity contribution in [2.24, 2.45) is 0 Å². The highest BCUT2D eigenvalue weighted by atomic mass is 32.1.